The van der Waals surface area contributed by atoms with Crippen molar-refractivity contribution in [2.75, 3.05) is 18.6 Å². The number of amides is 1. The Balaban J connectivity index is 1.78. The molecule has 0 aliphatic carbocycles. The van der Waals surface area contributed by atoms with Gasteiger partial charge in [-0.3, -0.25) is 4.79 Å². The van der Waals surface area contributed by atoms with Crippen LogP contribution in [0, 0.1) is 0 Å². The van der Waals surface area contributed by atoms with E-state index in [4.69, 9.17) is 0 Å². The molecule has 2 aromatic heterocycles. The monoisotopic (exact) mass is 373 g/mol. The molecule has 0 saturated heterocycles. The Bertz CT molecular complexity index is 728. The fourth-order valence-electron chi connectivity index (χ4n) is 2.95. The number of halogens is 3. The van der Waals surface area contributed by atoms with Crippen molar-refractivity contribution >= 4 is 17.7 Å². The van der Waals surface area contributed by atoms with Crippen molar-refractivity contribution in [3.63, 3.8) is 0 Å². The number of fused-ring (bicyclic) bond motifs is 1. The molecule has 1 aliphatic heterocycles. The minimum absolute atomic E-state index is 0.0406. The van der Waals surface area contributed by atoms with E-state index in [2.05, 4.69) is 10.2 Å². The van der Waals surface area contributed by atoms with Crippen molar-refractivity contribution in [3.05, 3.63) is 36.2 Å². The van der Waals surface area contributed by atoms with Gasteiger partial charge in [-0.05, 0) is 30.6 Å². The molecule has 0 unspecified atom stereocenters. The molecule has 0 fully saturated rings. The first-order chi connectivity index (χ1) is 11.9. The van der Waals surface area contributed by atoms with Gasteiger partial charge in [-0.15, -0.1) is 10.2 Å². The lowest BCUT2D eigenvalue weighted by Gasteiger charge is -2.31. The summed E-state index contributed by atoms with van der Waals surface area (Å²) in [5, 5.41) is 6.88. The van der Waals surface area contributed by atoms with E-state index >= 15 is 0 Å². The number of hydrogen-bond donors (Lipinski definition) is 0. The molecule has 10 heteroatoms. The summed E-state index contributed by atoms with van der Waals surface area (Å²) in [5.74, 6) is -0.119. The zero-order chi connectivity index (χ0) is 18.0. The molecule has 0 saturated carbocycles. The van der Waals surface area contributed by atoms with Crippen LogP contribution in [-0.4, -0.2) is 48.7 Å². The summed E-state index contributed by atoms with van der Waals surface area (Å²) in [5.41, 5.74) is 0. The van der Waals surface area contributed by atoms with E-state index in [9.17, 15) is 18.0 Å². The van der Waals surface area contributed by atoms with Gasteiger partial charge in [0.2, 0.25) is 11.7 Å². The van der Waals surface area contributed by atoms with E-state index in [1.165, 1.54) is 0 Å². The normalized spacial score (nSPS) is 15.9. The van der Waals surface area contributed by atoms with Gasteiger partial charge >= 0.3 is 6.18 Å². The van der Waals surface area contributed by atoms with Gasteiger partial charge < -0.3 is 14.0 Å². The van der Waals surface area contributed by atoms with Crippen LogP contribution in [0.1, 0.15) is 24.1 Å². The van der Waals surface area contributed by atoms with Crippen LogP contribution in [0.15, 0.2) is 24.5 Å². The van der Waals surface area contributed by atoms with Crippen molar-refractivity contribution in [1.82, 2.24) is 24.2 Å². The van der Waals surface area contributed by atoms with Gasteiger partial charge in [0.05, 0.1) is 6.54 Å². The maximum Gasteiger partial charge on any atom is 0.451 e. The molecule has 0 bridgehead atoms. The summed E-state index contributed by atoms with van der Waals surface area (Å²) in [6, 6.07) is 3.34. The first-order valence-corrected chi connectivity index (χ1v) is 9.20. The Morgan fingerprint density at radius 1 is 1.28 bits per heavy atom. The molecule has 6 nitrogen and oxygen atoms in total. The second-order valence-electron chi connectivity index (χ2n) is 5.78. The van der Waals surface area contributed by atoms with Gasteiger partial charge in [0.25, 0.3) is 0 Å². The predicted octanol–water partition coefficient (Wildman–Crippen LogP) is 2.44. The third-order valence-electron chi connectivity index (χ3n) is 4.19. The molecule has 25 heavy (non-hydrogen) atoms. The first kappa shape index (κ1) is 17.8. The van der Waals surface area contributed by atoms with E-state index in [1.807, 2.05) is 35.3 Å². The molecule has 2 aromatic rings. The molecule has 1 atom stereocenters. The number of carbonyl (C=O) groups is 1. The Hall–Kier alpha value is -1.97. The summed E-state index contributed by atoms with van der Waals surface area (Å²) >= 11 is 1.65. The van der Waals surface area contributed by atoms with Crippen molar-refractivity contribution < 1.29 is 18.0 Å². The Morgan fingerprint density at radius 2 is 2.00 bits per heavy atom. The number of hydrogen-bond acceptors (Lipinski definition) is 4. The van der Waals surface area contributed by atoms with Gasteiger partial charge in [0, 0.05) is 25.5 Å². The summed E-state index contributed by atoms with van der Waals surface area (Å²) in [7, 11) is 0. The minimum atomic E-state index is -4.54. The number of nitrogens with zero attached hydrogens (tertiary/aromatic N) is 5. The molecule has 3 rings (SSSR count). The van der Waals surface area contributed by atoms with Crippen molar-refractivity contribution in [2.45, 2.75) is 31.7 Å². The highest BCUT2D eigenvalue weighted by Crippen LogP contribution is 2.30. The van der Waals surface area contributed by atoms with Gasteiger partial charge in [-0.2, -0.15) is 24.9 Å². The summed E-state index contributed by atoms with van der Waals surface area (Å²) in [4.78, 5) is 14.5. The molecule has 136 valence electrons. The maximum atomic E-state index is 12.9. The first-order valence-electron chi connectivity index (χ1n) is 7.81. The number of rotatable bonds is 5. The zero-order valence-corrected chi connectivity index (χ0v) is 14.4. The Kier molecular flexibility index (Phi) is 5.07. The van der Waals surface area contributed by atoms with Crippen LogP contribution in [0.3, 0.4) is 0 Å². The fraction of sp³-hybridized carbons (Fsp3) is 0.533. The lowest BCUT2D eigenvalue weighted by Crippen LogP contribution is -2.43. The highest BCUT2D eigenvalue weighted by molar-refractivity contribution is 7.98. The molecule has 0 spiro atoms. The largest absolute Gasteiger partial charge is 0.451 e. The van der Waals surface area contributed by atoms with Crippen LogP contribution in [0.5, 0.6) is 0 Å². The summed E-state index contributed by atoms with van der Waals surface area (Å²) < 4.78 is 41.6. The standard InChI is InChI=1S/C15H18F3N5OS/c1-25-9-4-11(21-5-2-3-6-21)13(24)22-7-8-23-12(10-22)19-20-14(23)15(16,17)18/h2-3,5-6,11H,4,7-10H2,1H3/t11-/m1/s1. The molecule has 3 heterocycles. The number of thioether (sulfide) groups is 1. The van der Waals surface area contributed by atoms with Gasteiger partial charge in [-0.1, -0.05) is 0 Å². The average Bonchev–Trinajstić information content (AvgIpc) is 3.23. The smallest absolute Gasteiger partial charge is 0.342 e. The number of aromatic nitrogens is 4. The van der Waals surface area contributed by atoms with Crippen molar-refractivity contribution in [1.29, 1.82) is 0 Å². The van der Waals surface area contributed by atoms with Crippen molar-refractivity contribution in [2.24, 2.45) is 0 Å². The van der Waals surface area contributed by atoms with Crippen molar-refractivity contribution in [3.8, 4) is 0 Å². The third kappa shape index (κ3) is 3.68. The van der Waals surface area contributed by atoms with Crippen LogP contribution in [0.4, 0.5) is 13.2 Å². The van der Waals surface area contributed by atoms with E-state index in [-0.39, 0.29) is 37.4 Å². The van der Waals surface area contributed by atoms with E-state index in [1.54, 1.807) is 16.7 Å². The van der Waals surface area contributed by atoms with Gasteiger partial charge in [-0.25, -0.2) is 0 Å². The molecule has 0 N–H and O–H groups in total. The topological polar surface area (TPSA) is 56.0 Å². The van der Waals surface area contributed by atoms with Crippen LogP contribution >= 0.6 is 11.8 Å². The van der Waals surface area contributed by atoms with E-state index < -0.39 is 12.0 Å². The Morgan fingerprint density at radius 3 is 2.64 bits per heavy atom. The Labute approximate surface area is 147 Å². The van der Waals surface area contributed by atoms with Gasteiger partial charge in [0.1, 0.15) is 6.04 Å². The highest BCUT2D eigenvalue weighted by atomic mass is 32.2. The number of carbonyl (C=O) groups excluding carboxylic acids is 1. The van der Waals surface area contributed by atoms with Crippen LogP contribution in [-0.2, 0) is 24.1 Å². The highest BCUT2D eigenvalue weighted by Gasteiger charge is 2.40. The second-order valence-corrected chi connectivity index (χ2v) is 6.76. The second kappa shape index (κ2) is 7.11. The van der Waals surface area contributed by atoms with E-state index in [0.717, 1.165) is 10.3 Å². The zero-order valence-electron chi connectivity index (χ0n) is 13.6. The summed E-state index contributed by atoms with van der Waals surface area (Å²) in [6.07, 6.45) is 1.75. The molecular weight excluding hydrogens is 355 g/mol. The van der Waals surface area contributed by atoms with Crippen LogP contribution < -0.4 is 0 Å². The number of alkyl halides is 3. The van der Waals surface area contributed by atoms with Gasteiger partial charge in [0.15, 0.2) is 5.82 Å². The average molecular weight is 373 g/mol. The third-order valence-corrected chi connectivity index (χ3v) is 4.83. The molecular formula is C15H18F3N5OS. The predicted molar refractivity (Wildman–Crippen MR) is 86.9 cm³/mol. The molecule has 1 aliphatic rings. The lowest BCUT2D eigenvalue weighted by atomic mass is 10.1. The summed E-state index contributed by atoms with van der Waals surface area (Å²) in [6.45, 7) is 0.298. The molecule has 0 aromatic carbocycles. The molecule has 1 amide bonds. The SMILES string of the molecule is CSCC[C@H](C(=O)N1CCn2c(nnc2C(F)(F)F)C1)n1cccc1. The minimum Gasteiger partial charge on any atom is -0.342 e. The van der Waals surface area contributed by atoms with Crippen LogP contribution in [0.2, 0.25) is 0 Å². The van der Waals surface area contributed by atoms with Crippen LogP contribution in [0.25, 0.3) is 0 Å². The lowest BCUT2D eigenvalue weighted by molar-refractivity contribution is -0.148. The maximum absolute atomic E-state index is 12.9. The quantitative estimate of drug-likeness (QED) is 0.808. The van der Waals surface area contributed by atoms with E-state index in [0.29, 0.717) is 6.42 Å². The fourth-order valence-corrected chi connectivity index (χ4v) is 3.41. The molecule has 0 radical (unpaired) electrons.